The zero-order chi connectivity index (χ0) is 20.4. The summed E-state index contributed by atoms with van der Waals surface area (Å²) in [6.07, 6.45) is 6.55. The first-order valence-corrected chi connectivity index (χ1v) is 11.9. The third-order valence-corrected chi connectivity index (χ3v) is 7.08. The normalized spacial score (nSPS) is 17.3. The molecule has 1 saturated carbocycles. The van der Waals surface area contributed by atoms with Crippen molar-refractivity contribution >= 4 is 32.3 Å². The first kappa shape index (κ1) is 18.4. The summed E-state index contributed by atoms with van der Waals surface area (Å²) in [5, 5.41) is 1.07. The van der Waals surface area contributed by atoms with Gasteiger partial charge in [-0.25, -0.2) is 8.42 Å². The lowest BCUT2D eigenvalue weighted by Gasteiger charge is -2.20. The van der Waals surface area contributed by atoms with Crippen molar-refractivity contribution in [2.75, 3.05) is 16.9 Å². The van der Waals surface area contributed by atoms with E-state index in [0.717, 1.165) is 46.3 Å². The highest BCUT2D eigenvalue weighted by molar-refractivity contribution is 7.90. The first-order valence-electron chi connectivity index (χ1n) is 9.81. The zero-order valence-corrected chi connectivity index (χ0v) is 17.4. The number of rotatable bonds is 5. The third kappa shape index (κ3) is 2.95. The fourth-order valence-electron chi connectivity index (χ4n) is 4.50. The average molecular weight is 410 g/mol. The van der Waals surface area contributed by atoms with E-state index in [9.17, 15) is 13.2 Å². The predicted molar refractivity (Wildman–Crippen MR) is 113 cm³/mol. The minimum Gasteiger partial charge on any atom is -0.342 e. The maximum atomic E-state index is 13.2. The molecule has 0 N–H and O–H groups in total. The van der Waals surface area contributed by atoms with Crippen molar-refractivity contribution in [1.82, 2.24) is 9.55 Å². The zero-order valence-electron chi connectivity index (χ0n) is 16.6. The number of sulfone groups is 1. The Morgan fingerprint density at radius 2 is 1.97 bits per heavy atom. The molecule has 0 saturated heterocycles. The highest BCUT2D eigenvalue weighted by Crippen LogP contribution is 2.57. The molecule has 0 unspecified atom stereocenters. The predicted octanol–water partition coefficient (Wildman–Crippen LogP) is 2.97. The van der Waals surface area contributed by atoms with Gasteiger partial charge in [-0.3, -0.25) is 9.78 Å². The molecule has 0 atom stereocenters. The van der Waals surface area contributed by atoms with Gasteiger partial charge in [-0.15, -0.1) is 0 Å². The standard InChI is InChI=1S/C22H23N3O3S/c1-15-3-4-19-16(11-15)12-17(24(19)9-10-29(2,27)28)14-25-20-5-8-23-13-18(20)22(6-7-22)21(25)26/h3-5,8,11-13H,6-7,9-10,14H2,1-2H3. The van der Waals surface area contributed by atoms with Crippen LogP contribution >= 0.6 is 0 Å². The van der Waals surface area contributed by atoms with Crippen LogP contribution in [0.4, 0.5) is 5.69 Å². The van der Waals surface area contributed by atoms with Crippen LogP contribution in [-0.2, 0) is 33.1 Å². The van der Waals surface area contributed by atoms with Gasteiger partial charge in [0.25, 0.3) is 0 Å². The summed E-state index contributed by atoms with van der Waals surface area (Å²) < 4.78 is 25.6. The van der Waals surface area contributed by atoms with E-state index in [1.54, 1.807) is 6.20 Å². The Hall–Kier alpha value is -2.67. The summed E-state index contributed by atoms with van der Waals surface area (Å²) in [6, 6.07) is 10.2. The molecule has 2 aliphatic rings. The topological polar surface area (TPSA) is 72.3 Å². The molecule has 1 aliphatic heterocycles. The van der Waals surface area contributed by atoms with Crippen molar-refractivity contribution in [1.29, 1.82) is 0 Å². The molecule has 2 aromatic heterocycles. The van der Waals surface area contributed by atoms with Crippen LogP contribution in [-0.4, -0.2) is 35.9 Å². The maximum Gasteiger partial charge on any atom is 0.238 e. The molecule has 0 bridgehead atoms. The minimum absolute atomic E-state index is 0.0655. The van der Waals surface area contributed by atoms with Gasteiger partial charge < -0.3 is 9.47 Å². The molecule has 1 spiro atoms. The van der Waals surface area contributed by atoms with E-state index in [4.69, 9.17) is 0 Å². The second-order valence-electron chi connectivity index (χ2n) is 8.35. The van der Waals surface area contributed by atoms with Gasteiger partial charge in [0.1, 0.15) is 9.84 Å². The van der Waals surface area contributed by atoms with Crippen molar-refractivity contribution < 1.29 is 13.2 Å². The molecule has 1 fully saturated rings. The van der Waals surface area contributed by atoms with Crippen molar-refractivity contribution in [3.63, 3.8) is 0 Å². The summed E-state index contributed by atoms with van der Waals surface area (Å²) in [6.45, 7) is 2.84. The summed E-state index contributed by atoms with van der Waals surface area (Å²) in [7, 11) is -3.10. The molecule has 5 rings (SSSR count). The van der Waals surface area contributed by atoms with Crippen molar-refractivity contribution in [2.24, 2.45) is 0 Å². The van der Waals surface area contributed by atoms with Crippen LogP contribution in [0.2, 0.25) is 0 Å². The van der Waals surface area contributed by atoms with Gasteiger partial charge in [-0.05, 0) is 44.0 Å². The van der Waals surface area contributed by atoms with E-state index in [1.807, 2.05) is 40.8 Å². The largest absolute Gasteiger partial charge is 0.342 e. The summed E-state index contributed by atoms with van der Waals surface area (Å²) in [5.74, 6) is 0.201. The van der Waals surface area contributed by atoms with Crippen LogP contribution in [0.25, 0.3) is 10.9 Å². The number of aryl methyl sites for hydroxylation is 2. The summed E-state index contributed by atoms with van der Waals surface area (Å²) >= 11 is 0. The van der Waals surface area contributed by atoms with Gasteiger partial charge in [0, 0.05) is 47.4 Å². The van der Waals surface area contributed by atoms with Crippen LogP contribution in [0.1, 0.15) is 29.7 Å². The molecular weight excluding hydrogens is 386 g/mol. The van der Waals surface area contributed by atoms with Crippen LogP contribution in [0.3, 0.4) is 0 Å². The monoisotopic (exact) mass is 409 g/mol. The maximum absolute atomic E-state index is 13.2. The number of carbonyl (C=O) groups is 1. The van der Waals surface area contributed by atoms with Crippen LogP contribution < -0.4 is 4.90 Å². The number of carbonyl (C=O) groups excluding carboxylic acids is 1. The number of pyridine rings is 1. The molecule has 150 valence electrons. The Morgan fingerprint density at radius 3 is 2.69 bits per heavy atom. The van der Waals surface area contributed by atoms with Gasteiger partial charge in [-0.1, -0.05) is 11.6 Å². The quantitative estimate of drug-likeness (QED) is 0.649. The summed E-state index contributed by atoms with van der Waals surface area (Å²) in [4.78, 5) is 19.3. The van der Waals surface area contributed by atoms with E-state index in [-0.39, 0.29) is 17.1 Å². The molecule has 7 heteroatoms. The molecule has 1 amide bonds. The van der Waals surface area contributed by atoms with E-state index in [2.05, 4.69) is 17.1 Å². The van der Waals surface area contributed by atoms with Crippen molar-refractivity contribution in [3.05, 3.63) is 59.5 Å². The van der Waals surface area contributed by atoms with E-state index in [1.165, 1.54) is 6.26 Å². The van der Waals surface area contributed by atoms with Crippen LogP contribution in [0, 0.1) is 6.92 Å². The number of hydrogen-bond acceptors (Lipinski definition) is 4. The molecule has 3 aromatic rings. The number of fused-ring (bicyclic) bond motifs is 3. The minimum atomic E-state index is -3.10. The lowest BCUT2D eigenvalue weighted by atomic mass is 10.0. The number of anilines is 1. The van der Waals surface area contributed by atoms with E-state index < -0.39 is 9.84 Å². The number of nitrogens with zero attached hydrogens (tertiary/aromatic N) is 3. The Morgan fingerprint density at radius 1 is 1.17 bits per heavy atom. The SMILES string of the molecule is Cc1ccc2c(c1)cc(CN1C(=O)C3(CC3)c3cnccc31)n2CCS(C)(=O)=O. The molecular formula is C22H23N3O3S. The van der Waals surface area contributed by atoms with Crippen LogP contribution in [0.5, 0.6) is 0 Å². The highest BCUT2D eigenvalue weighted by Gasteiger charge is 2.59. The highest BCUT2D eigenvalue weighted by atomic mass is 32.2. The van der Waals surface area contributed by atoms with Crippen molar-refractivity contribution in [2.45, 2.75) is 38.3 Å². The lowest BCUT2D eigenvalue weighted by molar-refractivity contribution is -0.120. The van der Waals surface area contributed by atoms with Gasteiger partial charge in [-0.2, -0.15) is 0 Å². The third-order valence-electron chi connectivity index (χ3n) is 6.16. The fourth-order valence-corrected chi connectivity index (χ4v) is 5.02. The Kier molecular flexibility index (Phi) is 3.90. The van der Waals surface area contributed by atoms with Gasteiger partial charge >= 0.3 is 0 Å². The number of hydrogen-bond donors (Lipinski definition) is 0. The van der Waals surface area contributed by atoms with Crippen molar-refractivity contribution in [3.8, 4) is 0 Å². The Bertz CT molecular complexity index is 1260. The molecule has 1 aromatic carbocycles. The lowest BCUT2D eigenvalue weighted by Crippen LogP contribution is -2.32. The van der Waals surface area contributed by atoms with Crippen LogP contribution in [0.15, 0.2) is 42.7 Å². The fraction of sp³-hybridized carbons (Fsp3) is 0.364. The van der Waals surface area contributed by atoms with Gasteiger partial charge in [0.15, 0.2) is 0 Å². The van der Waals surface area contributed by atoms with E-state index in [0.29, 0.717) is 13.1 Å². The summed E-state index contributed by atoms with van der Waals surface area (Å²) in [5.41, 5.74) is 4.66. The Balaban J connectivity index is 1.58. The van der Waals surface area contributed by atoms with Gasteiger partial charge in [0.2, 0.25) is 5.91 Å². The molecule has 3 heterocycles. The number of amides is 1. The second kappa shape index (κ2) is 6.16. The molecule has 0 radical (unpaired) electrons. The average Bonchev–Trinajstić information content (AvgIpc) is 3.36. The second-order valence-corrected chi connectivity index (χ2v) is 10.6. The molecule has 29 heavy (non-hydrogen) atoms. The van der Waals surface area contributed by atoms with Gasteiger partial charge in [0.05, 0.1) is 23.4 Å². The molecule has 1 aliphatic carbocycles. The first-order chi connectivity index (χ1) is 13.8. The smallest absolute Gasteiger partial charge is 0.238 e. The molecule has 6 nitrogen and oxygen atoms in total. The van der Waals surface area contributed by atoms with E-state index >= 15 is 0 Å². The number of aromatic nitrogens is 2. The number of benzene rings is 1. The Labute approximate surface area is 170 Å².